The van der Waals surface area contributed by atoms with Crippen molar-refractivity contribution in [3.05, 3.63) is 0 Å². The van der Waals surface area contributed by atoms with Gasteiger partial charge in [-0.1, -0.05) is 0 Å². The maximum absolute atomic E-state index is 11.5. The van der Waals surface area contributed by atoms with Crippen LogP contribution in [0.25, 0.3) is 0 Å². The van der Waals surface area contributed by atoms with Crippen LogP contribution in [0.15, 0.2) is 0 Å². The first-order chi connectivity index (χ1) is 8.58. The van der Waals surface area contributed by atoms with Crippen LogP contribution >= 0.6 is 0 Å². The average Bonchev–Trinajstić information content (AvgIpc) is 2.38. The first kappa shape index (κ1) is 14.4. The second kappa shape index (κ2) is 6.92. The van der Waals surface area contributed by atoms with Crippen LogP contribution in [0.3, 0.4) is 0 Å². The number of methoxy groups -OCH3 is 1. The molecule has 1 rings (SSSR count). The minimum absolute atomic E-state index is 0.0590. The molecule has 1 fully saturated rings. The van der Waals surface area contributed by atoms with Crippen molar-refractivity contribution in [2.75, 3.05) is 40.5 Å². The lowest BCUT2D eigenvalue weighted by Crippen LogP contribution is -2.54. The number of imide groups is 1. The summed E-state index contributed by atoms with van der Waals surface area (Å²) in [5.41, 5.74) is 0. The molecule has 1 saturated heterocycles. The van der Waals surface area contributed by atoms with Crippen molar-refractivity contribution in [2.45, 2.75) is 6.04 Å². The van der Waals surface area contributed by atoms with Gasteiger partial charge in [-0.15, -0.1) is 0 Å². The average molecular weight is 259 g/mol. The van der Waals surface area contributed by atoms with Gasteiger partial charge in [0.2, 0.25) is 5.91 Å². The molecule has 8 nitrogen and oxygen atoms in total. The van der Waals surface area contributed by atoms with Crippen molar-refractivity contribution in [3.8, 4) is 0 Å². The largest absolute Gasteiger partial charge is 0.468 e. The molecule has 0 spiro atoms. The molecule has 102 valence electrons. The fraction of sp³-hybridized carbons (Fsp3) is 0.700. The quantitative estimate of drug-likeness (QED) is 0.587. The lowest BCUT2D eigenvalue weighted by molar-refractivity contribution is -0.153. The monoisotopic (exact) mass is 259 g/mol. The van der Waals surface area contributed by atoms with E-state index in [2.05, 4.69) is 15.4 Å². The summed E-state index contributed by atoms with van der Waals surface area (Å²) >= 11 is 0. The third kappa shape index (κ3) is 3.97. The molecule has 0 saturated carbocycles. The zero-order valence-electron chi connectivity index (χ0n) is 10.4. The highest BCUT2D eigenvalue weighted by Crippen LogP contribution is 2.07. The Bertz CT molecular complexity index is 333. The molecule has 1 aliphatic heterocycles. The lowest BCUT2D eigenvalue weighted by atomic mass is 10.2. The van der Waals surface area contributed by atoms with E-state index < -0.39 is 23.9 Å². The number of hydrogen-bond donors (Lipinski definition) is 2. The highest BCUT2D eigenvalue weighted by atomic mass is 16.5. The highest BCUT2D eigenvalue weighted by molar-refractivity contribution is 5.95. The van der Waals surface area contributed by atoms with E-state index in [9.17, 15) is 14.4 Å². The van der Waals surface area contributed by atoms with E-state index in [0.29, 0.717) is 13.2 Å². The minimum Gasteiger partial charge on any atom is -0.468 e. The number of morpholine rings is 1. The summed E-state index contributed by atoms with van der Waals surface area (Å²) < 4.78 is 9.80. The molecule has 1 unspecified atom stereocenters. The Morgan fingerprint density at radius 1 is 1.44 bits per heavy atom. The molecular weight excluding hydrogens is 242 g/mol. The molecule has 8 heteroatoms. The summed E-state index contributed by atoms with van der Waals surface area (Å²) in [6, 6.07) is -1.19. The zero-order chi connectivity index (χ0) is 13.5. The Morgan fingerprint density at radius 2 is 2.17 bits per heavy atom. The van der Waals surface area contributed by atoms with Gasteiger partial charge in [0.15, 0.2) is 0 Å². The molecule has 3 amide bonds. The van der Waals surface area contributed by atoms with E-state index in [-0.39, 0.29) is 13.2 Å². The second-order valence-electron chi connectivity index (χ2n) is 3.71. The number of amides is 3. The molecule has 0 aromatic carbocycles. The van der Waals surface area contributed by atoms with Crippen molar-refractivity contribution in [1.29, 1.82) is 0 Å². The minimum atomic E-state index is -0.612. The van der Waals surface area contributed by atoms with E-state index in [1.165, 1.54) is 14.2 Å². The molecule has 0 aliphatic carbocycles. The summed E-state index contributed by atoms with van der Waals surface area (Å²) in [5, 5.41) is 4.40. The third-order valence-corrected chi connectivity index (χ3v) is 2.54. The van der Waals surface area contributed by atoms with Gasteiger partial charge in [0.1, 0.15) is 6.04 Å². The molecule has 1 atom stereocenters. The van der Waals surface area contributed by atoms with Crippen molar-refractivity contribution in [2.24, 2.45) is 0 Å². The molecule has 0 bridgehead atoms. The van der Waals surface area contributed by atoms with Crippen LogP contribution in [0, 0.1) is 0 Å². The van der Waals surface area contributed by atoms with E-state index >= 15 is 0 Å². The van der Waals surface area contributed by atoms with Crippen LogP contribution in [0.1, 0.15) is 0 Å². The Morgan fingerprint density at radius 3 is 2.78 bits per heavy atom. The summed E-state index contributed by atoms with van der Waals surface area (Å²) in [7, 11) is 2.69. The van der Waals surface area contributed by atoms with Crippen molar-refractivity contribution in [3.63, 3.8) is 0 Å². The summed E-state index contributed by atoms with van der Waals surface area (Å²) in [5.74, 6) is -0.937. The van der Waals surface area contributed by atoms with Crippen molar-refractivity contribution in [1.82, 2.24) is 15.5 Å². The number of urea groups is 1. The van der Waals surface area contributed by atoms with Crippen LogP contribution < -0.4 is 10.6 Å². The van der Waals surface area contributed by atoms with Crippen molar-refractivity contribution < 1.29 is 23.9 Å². The van der Waals surface area contributed by atoms with E-state index in [4.69, 9.17) is 4.74 Å². The van der Waals surface area contributed by atoms with Gasteiger partial charge in [-0.3, -0.25) is 19.8 Å². The van der Waals surface area contributed by atoms with Gasteiger partial charge >= 0.3 is 12.0 Å². The van der Waals surface area contributed by atoms with Crippen LogP contribution in [0.2, 0.25) is 0 Å². The summed E-state index contributed by atoms with van der Waals surface area (Å²) in [6.07, 6.45) is 0. The molecule has 1 heterocycles. The fourth-order valence-corrected chi connectivity index (χ4v) is 1.59. The molecule has 18 heavy (non-hydrogen) atoms. The van der Waals surface area contributed by atoms with Crippen LogP contribution in [-0.2, 0) is 19.1 Å². The number of nitrogens with zero attached hydrogens (tertiary/aromatic N) is 1. The number of carbonyl (C=O) groups is 3. The predicted molar refractivity (Wildman–Crippen MR) is 60.8 cm³/mol. The van der Waals surface area contributed by atoms with Gasteiger partial charge in [0.25, 0.3) is 0 Å². The van der Waals surface area contributed by atoms with E-state index in [1.807, 2.05) is 0 Å². The third-order valence-electron chi connectivity index (χ3n) is 2.54. The molecule has 1 aliphatic rings. The number of nitrogens with one attached hydrogen (secondary N) is 2. The van der Waals surface area contributed by atoms with Crippen LogP contribution in [0.5, 0.6) is 0 Å². The normalized spacial score (nSPS) is 20.0. The number of ether oxygens (including phenoxy) is 2. The maximum atomic E-state index is 11.5. The summed E-state index contributed by atoms with van der Waals surface area (Å²) in [4.78, 5) is 35.6. The number of esters is 1. The van der Waals surface area contributed by atoms with Gasteiger partial charge in [0, 0.05) is 13.6 Å². The lowest BCUT2D eigenvalue weighted by Gasteiger charge is -2.32. The van der Waals surface area contributed by atoms with Gasteiger partial charge < -0.3 is 14.8 Å². The Kier molecular flexibility index (Phi) is 5.53. The second-order valence-corrected chi connectivity index (χ2v) is 3.71. The Labute approximate surface area is 105 Å². The summed E-state index contributed by atoms with van der Waals surface area (Å²) in [6.45, 7) is 0.984. The van der Waals surface area contributed by atoms with Crippen molar-refractivity contribution >= 4 is 17.9 Å². The fourth-order valence-electron chi connectivity index (χ4n) is 1.59. The Hall–Kier alpha value is -1.67. The zero-order valence-corrected chi connectivity index (χ0v) is 10.4. The standard InChI is InChI=1S/C10H17N3O5/c1-11-10(16)12-8(14)5-13-3-4-18-6-7(13)9(15)17-2/h7H,3-6H2,1-2H3,(H2,11,12,14,16). The maximum Gasteiger partial charge on any atom is 0.325 e. The Balaban J connectivity index is 2.54. The first-order valence-electron chi connectivity index (χ1n) is 5.49. The molecule has 0 aromatic rings. The van der Waals surface area contributed by atoms with Crippen LogP contribution in [-0.4, -0.2) is 69.3 Å². The predicted octanol–water partition coefficient (Wildman–Crippen LogP) is -1.68. The molecule has 2 N–H and O–H groups in total. The smallest absolute Gasteiger partial charge is 0.325 e. The molecular formula is C10H17N3O5. The molecule has 0 aromatic heterocycles. The van der Waals surface area contributed by atoms with Gasteiger partial charge in [-0.05, 0) is 0 Å². The number of hydrogen-bond acceptors (Lipinski definition) is 6. The van der Waals surface area contributed by atoms with E-state index in [0.717, 1.165) is 0 Å². The van der Waals surface area contributed by atoms with Gasteiger partial charge in [0.05, 0.1) is 26.9 Å². The molecule has 0 radical (unpaired) electrons. The number of rotatable bonds is 3. The first-order valence-corrected chi connectivity index (χ1v) is 5.49. The van der Waals surface area contributed by atoms with Gasteiger partial charge in [-0.2, -0.15) is 0 Å². The number of carbonyl (C=O) groups excluding carboxylic acids is 3. The van der Waals surface area contributed by atoms with Crippen LogP contribution in [0.4, 0.5) is 4.79 Å². The van der Waals surface area contributed by atoms with Gasteiger partial charge in [-0.25, -0.2) is 4.79 Å². The topological polar surface area (TPSA) is 97.0 Å². The van der Waals surface area contributed by atoms with E-state index in [1.54, 1.807) is 4.90 Å². The SMILES string of the molecule is CNC(=O)NC(=O)CN1CCOCC1C(=O)OC. The highest BCUT2D eigenvalue weighted by Gasteiger charge is 2.31.